The second-order valence-electron chi connectivity index (χ2n) is 7.33. The average Bonchev–Trinajstić information content (AvgIpc) is 3.29. The van der Waals surface area contributed by atoms with E-state index >= 15 is 0 Å². The van der Waals surface area contributed by atoms with Crippen LogP contribution in [-0.4, -0.2) is 36.2 Å². The van der Waals surface area contributed by atoms with Gasteiger partial charge in [0.1, 0.15) is 24.5 Å². The van der Waals surface area contributed by atoms with Crippen molar-refractivity contribution in [1.82, 2.24) is 9.97 Å². The Labute approximate surface area is 189 Å². The number of carbonyl (C=O) groups is 1. The highest BCUT2D eigenvalue weighted by Gasteiger charge is 2.25. The van der Waals surface area contributed by atoms with E-state index < -0.39 is 0 Å². The Bertz CT molecular complexity index is 1290. The Morgan fingerprint density at radius 1 is 1.12 bits per heavy atom. The Hall–Kier alpha value is -3.65. The fourth-order valence-electron chi connectivity index (χ4n) is 3.59. The van der Waals surface area contributed by atoms with E-state index in [-0.39, 0.29) is 12.5 Å². The molecule has 2 aromatic carbocycles. The van der Waals surface area contributed by atoms with Gasteiger partial charge in [0.15, 0.2) is 16.6 Å². The summed E-state index contributed by atoms with van der Waals surface area (Å²) in [6.07, 6.45) is 1.72. The molecule has 0 atom stereocenters. The molecule has 0 unspecified atom stereocenters. The molecule has 0 saturated heterocycles. The van der Waals surface area contributed by atoms with Crippen LogP contribution in [0, 0.1) is 6.92 Å². The molecule has 4 aromatic rings. The van der Waals surface area contributed by atoms with E-state index in [1.807, 2.05) is 37.3 Å². The molecule has 162 valence electrons. The first-order chi connectivity index (χ1) is 15.6. The lowest BCUT2D eigenvalue weighted by molar-refractivity contribution is 0.0983. The van der Waals surface area contributed by atoms with E-state index in [2.05, 4.69) is 4.98 Å². The van der Waals surface area contributed by atoms with Crippen LogP contribution in [0.1, 0.15) is 21.6 Å². The minimum Gasteiger partial charge on any atom is -0.494 e. The van der Waals surface area contributed by atoms with Crippen molar-refractivity contribution >= 4 is 32.6 Å². The maximum Gasteiger partial charge on any atom is 0.260 e. The summed E-state index contributed by atoms with van der Waals surface area (Å²) in [5.41, 5.74) is 3.08. The van der Waals surface area contributed by atoms with Crippen molar-refractivity contribution in [3.63, 3.8) is 0 Å². The summed E-state index contributed by atoms with van der Waals surface area (Å²) < 4.78 is 17.8. The molecule has 5 rings (SSSR count). The molecule has 2 aromatic heterocycles. The molecule has 7 nitrogen and oxygen atoms in total. The zero-order valence-electron chi connectivity index (χ0n) is 17.7. The lowest BCUT2D eigenvalue weighted by Gasteiger charge is -2.22. The monoisotopic (exact) mass is 447 g/mol. The number of anilines is 1. The van der Waals surface area contributed by atoms with E-state index in [0.717, 1.165) is 21.5 Å². The highest BCUT2D eigenvalue weighted by molar-refractivity contribution is 7.22. The molecule has 32 heavy (non-hydrogen) atoms. The molecule has 1 aliphatic rings. The van der Waals surface area contributed by atoms with E-state index in [0.29, 0.717) is 41.2 Å². The standard InChI is InChI=1S/C24H21N3O4S/c1-15-6-8-19(29-2)21-22(15)32-24(26-21)27(14-17-5-3-4-10-25-17)23(28)16-7-9-18-20(13-16)31-12-11-30-18/h3-10,13H,11-12,14H2,1-2H3. The van der Waals surface area contributed by atoms with Crippen LogP contribution in [0.5, 0.6) is 17.2 Å². The van der Waals surface area contributed by atoms with Gasteiger partial charge in [-0.25, -0.2) is 4.98 Å². The number of aromatic nitrogens is 2. The van der Waals surface area contributed by atoms with Crippen LogP contribution in [0.2, 0.25) is 0 Å². The smallest absolute Gasteiger partial charge is 0.260 e. The third-order valence-electron chi connectivity index (χ3n) is 5.22. The molecule has 0 bridgehead atoms. The van der Waals surface area contributed by atoms with Crippen molar-refractivity contribution in [2.45, 2.75) is 13.5 Å². The third kappa shape index (κ3) is 3.73. The van der Waals surface area contributed by atoms with Crippen LogP contribution in [0.3, 0.4) is 0 Å². The molecule has 8 heteroatoms. The fourth-order valence-corrected chi connectivity index (χ4v) is 4.64. The van der Waals surface area contributed by atoms with Gasteiger partial charge in [0.2, 0.25) is 0 Å². The van der Waals surface area contributed by atoms with E-state index in [1.165, 1.54) is 11.3 Å². The van der Waals surface area contributed by atoms with Crippen molar-refractivity contribution in [2.24, 2.45) is 0 Å². The topological polar surface area (TPSA) is 73.8 Å². The van der Waals surface area contributed by atoms with Gasteiger partial charge >= 0.3 is 0 Å². The quantitative estimate of drug-likeness (QED) is 0.444. The number of carbonyl (C=O) groups excluding carboxylic acids is 1. The molecule has 0 saturated carbocycles. The predicted octanol–water partition coefficient (Wildman–Crippen LogP) is 4.63. The number of fused-ring (bicyclic) bond motifs is 2. The minimum atomic E-state index is -0.191. The number of pyridine rings is 1. The van der Waals surface area contributed by atoms with E-state index in [4.69, 9.17) is 19.2 Å². The predicted molar refractivity (Wildman–Crippen MR) is 123 cm³/mol. The number of ether oxygens (including phenoxy) is 3. The minimum absolute atomic E-state index is 0.191. The van der Waals surface area contributed by atoms with Gasteiger partial charge in [-0.05, 0) is 48.9 Å². The number of hydrogen-bond acceptors (Lipinski definition) is 7. The second-order valence-corrected chi connectivity index (χ2v) is 8.31. The Kier molecular flexibility index (Phi) is 5.36. The molecule has 0 fully saturated rings. The van der Waals surface area contributed by atoms with Gasteiger partial charge in [-0.2, -0.15) is 0 Å². The summed E-state index contributed by atoms with van der Waals surface area (Å²) in [6.45, 7) is 3.27. The van der Waals surface area contributed by atoms with Crippen LogP contribution >= 0.6 is 11.3 Å². The summed E-state index contributed by atoms with van der Waals surface area (Å²) in [7, 11) is 1.62. The molecule has 0 aliphatic carbocycles. The molecule has 0 N–H and O–H groups in total. The number of amides is 1. The van der Waals surface area contributed by atoms with Gasteiger partial charge in [-0.15, -0.1) is 0 Å². The summed E-state index contributed by atoms with van der Waals surface area (Å²) >= 11 is 1.46. The first kappa shape index (κ1) is 20.3. The lowest BCUT2D eigenvalue weighted by atomic mass is 10.1. The van der Waals surface area contributed by atoms with Crippen molar-refractivity contribution in [2.75, 3.05) is 25.2 Å². The van der Waals surface area contributed by atoms with Gasteiger partial charge in [0.25, 0.3) is 5.91 Å². The summed E-state index contributed by atoms with van der Waals surface area (Å²) in [6, 6.07) is 14.8. The average molecular weight is 448 g/mol. The molecular weight excluding hydrogens is 426 g/mol. The first-order valence-corrected chi connectivity index (χ1v) is 11.0. The Morgan fingerprint density at radius 3 is 2.75 bits per heavy atom. The van der Waals surface area contributed by atoms with Gasteiger partial charge in [-0.3, -0.25) is 14.7 Å². The first-order valence-electron chi connectivity index (χ1n) is 10.2. The number of benzene rings is 2. The SMILES string of the molecule is COc1ccc(C)c2sc(N(Cc3ccccn3)C(=O)c3ccc4c(c3)OCCO4)nc12. The number of methoxy groups -OCH3 is 1. The summed E-state index contributed by atoms with van der Waals surface area (Å²) in [5, 5.41) is 0.582. The van der Waals surface area contributed by atoms with E-state index in [9.17, 15) is 4.79 Å². The van der Waals surface area contributed by atoms with Crippen molar-refractivity contribution < 1.29 is 19.0 Å². The van der Waals surface area contributed by atoms with Crippen LogP contribution < -0.4 is 19.1 Å². The van der Waals surface area contributed by atoms with Gasteiger partial charge in [0, 0.05) is 11.8 Å². The van der Waals surface area contributed by atoms with Gasteiger partial charge < -0.3 is 14.2 Å². The Balaban J connectivity index is 1.59. The maximum absolute atomic E-state index is 13.7. The molecule has 3 heterocycles. The maximum atomic E-state index is 13.7. The van der Waals surface area contributed by atoms with Crippen LogP contribution in [-0.2, 0) is 6.54 Å². The Morgan fingerprint density at radius 2 is 1.97 bits per heavy atom. The third-order valence-corrected chi connectivity index (χ3v) is 6.44. The largest absolute Gasteiger partial charge is 0.494 e. The molecule has 0 radical (unpaired) electrons. The zero-order valence-corrected chi connectivity index (χ0v) is 18.5. The van der Waals surface area contributed by atoms with Gasteiger partial charge in [-0.1, -0.05) is 23.5 Å². The van der Waals surface area contributed by atoms with Crippen LogP contribution in [0.25, 0.3) is 10.2 Å². The molecule has 1 aliphatic heterocycles. The number of hydrogen-bond donors (Lipinski definition) is 0. The van der Waals surface area contributed by atoms with Crippen molar-refractivity contribution in [3.8, 4) is 17.2 Å². The molecular formula is C24H21N3O4S. The highest BCUT2D eigenvalue weighted by Crippen LogP contribution is 2.38. The van der Waals surface area contributed by atoms with Gasteiger partial charge in [0.05, 0.1) is 24.0 Å². The van der Waals surface area contributed by atoms with Crippen molar-refractivity contribution in [3.05, 3.63) is 71.5 Å². The number of aryl methyl sites for hydroxylation is 1. The highest BCUT2D eigenvalue weighted by atomic mass is 32.1. The normalized spacial score (nSPS) is 12.6. The van der Waals surface area contributed by atoms with Crippen LogP contribution in [0.4, 0.5) is 5.13 Å². The summed E-state index contributed by atoms with van der Waals surface area (Å²) in [5.74, 6) is 1.70. The molecule has 1 amide bonds. The molecule has 0 spiro atoms. The number of thiazole rings is 1. The zero-order chi connectivity index (χ0) is 22.1. The lowest BCUT2D eigenvalue weighted by Crippen LogP contribution is -2.31. The number of rotatable bonds is 5. The fraction of sp³-hybridized carbons (Fsp3) is 0.208. The summed E-state index contributed by atoms with van der Waals surface area (Å²) in [4.78, 5) is 24.5. The second kappa shape index (κ2) is 8.47. The van der Waals surface area contributed by atoms with Crippen molar-refractivity contribution in [1.29, 1.82) is 0 Å². The van der Waals surface area contributed by atoms with E-state index in [1.54, 1.807) is 36.4 Å². The number of nitrogens with zero attached hydrogens (tertiary/aromatic N) is 3. The van der Waals surface area contributed by atoms with Crippen LogP contribution in [0.15, 0.2) is 54.7 Å².